The molecule has 30 heavy (non-hydrogen) atoms. The van der Waals surface area contributed by atoms with Gasteiger partial charge in [-0.25, -0.2) is 0 Å². The van der Waals surface area contributed by atoms with Gasteiger partial charge in [0.1, 0.15) is 18.4 Å². The fourth-order valence-electron chi connectivity index (χ4n) is 2.94. The Balaban J connectivity index is 5.10. The van der Waals surface area contributed by atoms with E-state index in [1.165, 1.54) is 6.92 Å². The number of carbonyl (C=O) groups excluding carboxylic acids is 4. The topological polar surface area (TPSA) is 170 Å². The average molecular weight is 428 g/mol. The lowest BCUT2D eigenvalue weighted by atomic mass is 9.99. The summed E-state index contributed by atoms with van der Waals surface area (Å²) < 4.78 is 0. The predicted molar refractivity (Wildman–Crippen MR) is 115 cm³/mol. The van der Waals surface area contributed by atoms with Gasteiger partial charge in [0.25, 0.3) is 0 Å². The molecule has 0 saturated heterocycles. The lowest BCUT2D eigenvalue weighted by Gasteiger charge is -2.25. The van der Waals surface area contributed by atoms with Crippen LogP contribution in [0.25, 0.3) is 0 Å². The van der Waals surface area contributed by atoms with Gasteiger partial charge in [0.2, 0.25) is 17.7 Å². The highest BCUT2D eigenvalue weighted by atomic mass is 16.2. The van der Waals surface area contributed by atoms with Gasteiger partial charge in [0.15, 0.2) is 0 Å². The Bertz CT molecular complexity index is 602. The van der Waals surface area contributed by atoms with Crippen LogP contribution in [0, 0.1) is 11.8 Å². The van der Waals surface area contributed by atoms with Crippen LogP contribution in [0.2, 0.25) is 0 Å². The van der Waals surface area contributed by atoms with Crippen molar-refractivity contribution in [2.45, 2.75) is 78.4 Å². The van der Waals surface area contributed by atoms with E-state index >= 15 is 0 Å². The molecule has 10 heteroatoms. The molecule has 0 saturated carbocycles. The van der Waals surface area contributed by atoms with Gasteiger partial charge < -0.3 is 20.7 Å². The van der Waals surface area contributed by atoms with Crippen LogP contribution in [-0.4, -0.2) is 54.6 Å². The van der Waals surface area contributed by atoms with E-state index < -0.39 is 29.9 Å². The van der Waals surface area contributed by atoms with Crippen molar-refractivity contribution >= 4 is 30.0 Å². The van der Waals surface area contributed by atoms with Gasteiger partial charge in [-0.1, -0.05) is 27.7 Å². The Hall–Kier alpha value is -2.65. The first kappa shape index (κ1) is 27.4. The van der Waals surface area contributed by atoms with Crippen molar-refractivity contribution < 1.29 is 24.2 Å². The summed E-state index contributed by atoms with van der Waals surface area (Å²) in [6.07, 6.45) is 2.49. The zero-order valence-corrected chi connectivity index (χ0v) is 18.8. The van der Waals surface area contributed by atoms with Gasteiger partial charge >= 0.3 is 5.96 Å². The van der Waals surface area contributed by atoms with E-state index in [4.69, 9.17) is 11.5 Å². The van der Waals surface area contributed by atoms with Crippen molar-refractivity contribution in [3.63, 3.8) is 0 Å². The van der Waals surface area contributed by atoms with Crippen LogP contribution >= 0.6 is 0 Å². The average Bonchev–Trinajstić information content (AvgIpc) is 2.61. The van der Waals surface area contributed by atoms with Crippen molar-refractivity contribution in [2.75, 3.05) is 6.54 Å². The van der Waals surface area contributed by atoms with Gasteiger partial charge in [-0.15, -0.1) is 0 Å². The second kappa shape index (κ2) is 14.4. The van der Waals surface area contributed by atoms with Crippen LogP contribution in [-0.2, 0) is 19.2 Å². The summed E-state index contributed by atoms with van der Waals surface area (Å²) >= 11 is 0. The Morgan fingerprint density at radius 3 is 1.83 bits per heavy atom. The quantitative estimate of drug-likeness (QED) is 0.0801. The number of guanidine groups is 1. The molecular weight excluding hydrogens is 388 g/mol. The summed E-state index contributed by atoms with van der Waals surface area (Å²) in [6, 6.07) is -2.22. The SMILES string of the molecule is CC(=O)NC(CC(C)C)C(=O)NC(CC(C)C)C(=O)NC(C=O)CCC[NH+]=C(N)N. The molecule has 0 rings (SSSR count). The van der Waals surface area contributed by atoms with E-state index in [9.17, 15) is 19.2 Å². The highest BCUT2D eigenvalue weighted by Crippen LogP contribution is 2.09. The van der Waals surface area contributed by atoms with Crippen LogP contribution in [0.3, 0.4) is 0 Å². The third-order valence-corrected chi connectivity index (χ3v) is 4.25. The minimum Gasteiger partial charge on any atom is -0.345 e. The van der Waals surface area contributed by atoms with E-state index in [-0.39, 0.29) is 23.7 Å². The van der Waals surface area contributed by atoms with E-state index in [1.54, 1.807) is 0 Å². The molecule has 0 aromatic rings. The van der Waals surface area contributed by atoms with Crippen LogP contribution in [0.5, 0.6) is 0 Å². The maximum atomic E-state index is 12.8. The molecule has 0 aromatic heterocycles. The Morgan fingerprint density at radius 2 is 1.40 bits per heavy atom. The number of hydrogen-bond acceptors (Lipinski definition) is 4. The second-order valence-electron chi connectivity index (χ2n) is 8.35. The molecule has 0 aliphatic heterocycles. The third-order valence-electron chi connectivity index (χ3n) is 4.25. The van der Waals surface area contributed by atoms with Crippen molar-refractivity contribution in [3.05, 3.63) is 0 Å². The monoisotopic (exact) mass is 427 g/mol. The molecule has 0 spiro atoms. The van der Waals surface area contributed by atoms with Crippen molar-refractivity contribution in [1.82, 2.24) is 16.0 Å². The van der Waals surface area contributed by atoms with Gasteiger partial charge in [-0.05, 0) is 37.5 Å². The minimum absolute atomic E-state index is 0.0940. The Kier molecular flexibility index (Phi) is 13.1. The lowest BCUT2D eigenvalue weighted by Crippen LogP contribution is -2.78. The first-order chi connectivity index (χ1) is 14.0. The number of nitrogens with two attached hydrogens (primary N) is 2. The molecule has 8 N–H and O–H groups in total. The predicted octanol–water partition coefficient (Wildman–Crippen LogP) is -2.11. The molecule has 0 radical (unpaired) electrons. The van der Waals surface area contributed by atoms with Crippen LogP contribution < -0.4 is 32.4 Å². The molecule has 172 valence electrons. The number of hydrogen-bond donors (Lipinski definition) is 6. The van der Waals surface area contributed by atoms with Gasteiger partial charge in [0.05, 0.1) is 12.6 Å². The smallest absolute Gasteiger partial charge is 0.338 e. The maximum Gasteiger partial charge on any atom is 0.338 e. The first-order valence-electron chi connectivity index (χ1n) is 10.4. The third kappa shape index (κ3) is 12.7. The molecule has 10 nitrogen and oxygen atoms in total. The van der Waals surface area contributed by atoms with Gasteiger partial charge in [-0.3, -0.25) is 30.8 Å². The molecule has 0 aliphatic rings. The van der Waals surface area contributed by atoms with Gasteiger partial charge in [0, 0.05) is 6.92 Å². The molecule has 0 fully saturated rings. The fourth-order valence-corrected chi connectivity index (χ4v) is 2.94. The normalized spacial score (nSPS) is 13.8. The molecule has 0 aliphatic carbocycles. The maximum absolute atomic E-state index is 12.8. The number of rotatable bonds is 14. The largest absolute Gasteiger partial charge is 0.345 e. The summed E-state index contributed by atoms with van der Waals surface area (Å²) in [7, 11) is 0. The van der Waals surface area contributed by atoms with E-state index in [1.807, 2.05) is 27.7 Å². The molecule has 3 amide bonds. The standard InChI is InChI=1S/C20H38N6O4/c1-12(2)9-16(24-14(5)28)19(30)26-17(10-13(3)4)18(29)25-15(11-27)7-6-8-23-20(21)22/h11-13,15-17H,6-10H2,1-5H3,(H,24,28)(H,25,29)(H,26,30)(H4,21,22,23)/p+1. The number of nitrogens with one attached hydrogen (secondary N) is 4. The van der Waals surface area contributed by atoms with E-state index in [0.717, 1.165) is 0 Å². The van der Waals surface area contributed by atoms with Crippen LogP contribution in [0.4, 0.5) is 0 Å². The zero-order valence-electron chi connectivity index (χ0n) is 18.8. The fraction of sp³-hybridized carbons (Fsp3) is 0.750. The highest BCUT2D eigenvalue weighted by Gasteiger charge is 2.28. The molecule has 0 heterocycles. The summed E-state index contributed by atoms with van der Waals surface area (Å²) in [5.74, 6) is -0.758. The Morgan fingerprint density at radius 1 is 0.900 bits per heavy atom. The second-order valence-corrected chi connectivity index (χ2v) is 8.35. The zero-order chi connectivity index (χ0) is 23.3. The molecule has 3 unspecified atom stereocenters. The lowest BCUT2D eigenvalue weighted by molar-refractivity contribution is -0.459. The highest BCUT2D eigenvalue weighted by molar-refractivity contribution is 5.92. The van der Waals surface area contributed by atoms with Crippen LogP contribution in [0.15, 0.2) is 0 Å². The molecule has 3 atom stereocenters. The molecule has 0 aromatic carbocycles. The van der Waals surface area contributed by atoms with E-state index in [2.05, 4.69) is 20.9 Å². The summed E-state index contributed by atoms with van der Waals surface area (Å²) in [4.78, 5) is 51.1. The Labute approximate surface area is 179 Å². The van der Waals surface area contributed by atoms with Crippen LogP contribution in [0.1, 0.15) is 60.3 Å². The number of carbonyl (C=O) groups is 4. The van der Waals surface area contributed by atoms with E-state index in [0.29, 0.717) is 38.5 Å². The van der Waals surface area contributed by atoms with Crippen molar-refractivity contribution in [2.24, 2.45) is 23.3 Å². The first-order valence-corrected chi connectivity index (χ1v) is 10.4. The number of amides is 3. The number of aldehydes is 1. The molecule has 0 bridgehead atoms. The summed E-state index contributed by atoms with van der Waals surface area (Å²) in [5.41, 5.74) is 10.6. The van der Waals surface area contributed by atoms with Gasteiger partial charge in [-0.2, -0.15) is 0 Å². The summed E-state index contributed by atoms with van der Waals surface area (Å²) in [6.45, 7) is 9.58. The van der Waals surface area contributed by atoms with Crippen molar-refractivity contribution in [1.29, 1.82) is 0 Å². The van der Waals surface area contributed by atoms with Crippen molar-refractivity contribution in [3.8, 4) is 0 Å². The summed E-state index contributed by atoms with van der Waals surface area (Å²) in [5, 5.41) is 8.06. The minimum atomic E-state index is -0.811. The molecular formula is C20H39N6O4+.